The summed E-state index contributed by atoms with van der Waals surface area (Å²) in [6.45, 7) is 0.0852. The number of hydrogen-bond donors (Lipinski definition) is 2. The molecule has 7 heteroatoms. The molecule has 0 amide bonds. The van der Waals surface area contributed by atoms with Crippen LogP contribution in [-0.2, 0) is 11.3 Å². The van der Waals surface area contributed by atoms with Crippen molar-refractivity contribution in [3.05, 3.63) is 34.6 Å². The van der Waals surface area contributed by atoms with Crippen LogP contribution in [0.25, 0.3) is 11.5 Å². The molecule has 0 saturated heterocycles. The van der Waals surface area contributed by atoms with Crippen LogP contribution in [0.2, 0.25) is 0 Å². The molecule has 0 saturated carbocycles. The van der Waals surface area contributed by atoms with Crippen molar-refractivity contribution in [3.8, 4) is 11.5 Å². The van der Waals surface area contributed by atoms with Crippen LogP contribution in [-0.4, -0.2) is 27.8 Å². The van der Waals surface area contributed by atoms with Crippen molar-refractivity contribution >= 4 is 21.9 Å². The van der Waals surface area contributed by atoms with Crippen molar-refractivity contribution in [1.82, 2.24) is 15.5 Å². The third-order valence-corrected chi connectivity index (χ3v) is 2.58. The Bertz CT molecular complexity index is 556. The van der Waals surface area contributed by atoms with Gasteiger partial charge >= 0.3 is 5.97 Å². The molecule has 2 rings (SSSR count). The van der Waals surface area contributed by atoms with E-state index >= 15 is 0 Å². The molecule has 0 atom stereocenters. The molecular formula is C11H10BrN3O3. The summed E-state index contributed by atoms with van der Waals surface area (Å²) >= 11 is 3.36. The van der Waals surface area contributed by atoms with E-state index in [4.69, 9.17) is 9.52 Å². The van der Waals surface area contributed by atoms with E-state index in [1.54, 1.807) is 0 Å². The average Bonchev–Trinajstić information content (AvgIpc) is 2.77. The first-order valence-electron chi connectivity index (χ1n) is 5.16. The van der Waals surface area contributed by atoms with E-state index in [1.165, 1.54) is 0 Å². The number of halogens is 1. The van der Waals surface area contributed by atoms with Gasteiger partial charge in [0.15, 0.2) is 0 Å². The van der Waals surface area contributed by atoms with Gasteiger partial charge in [0.05, 0.1) is 13.1 Å². The molecule has 6 nitrogen and oxygen atoms in total. The fraction of sp³-hybridized carbons (Fsp3) is 0.182. The number of rotatable bonds is 5. The second kappa shape index (κ2) is 5.74. The maximum atomic E-state index is 10.3. The lowest BCUT2D eigenvalue weighted by Gasteiger charge is -1.96. The molecule has 0 unspecified atom stereocenters. The molecular weight excluding hydrogens is 302 g/mol. The summed E-state index contributed by atoms with van der Waals surface area (Å²) in [7, 11) is 0. The number of benzene rings is 1. The SMILES string of the molecule is O=C(O)CNCc1nnc(-c2cccc(Br)c2)o1. The number of carboxylic acids is 1. The van der Waals surface area contributed by atoms with Crippen molar-refractivity contribution < 1.29 is 14.3 Å². The van der Waals surface area contributed by atoms with Crippen LogP contribution < -0.4 is 5.32 Å². The molecule has 0 fully saturated rings. The second-order valence-corrected chi connectivity index (χ2v) is 4.42. The minimum Gasteiger partial charge on any atom is -0.480 e. The topological polar surface area (TPSA) is 88.2 Å². The largest absolute Gasteiger partial charge is 0.480 e. The van der Waals surface area contributed by atoms with Gasteiger partial charge in [-0.25, -0.2) is 0 Å². The van der Waals surface area contributed by atoms with E-state index in [0.717, 1.165) is 10.0 Å². The van der Waals surface area contributed by atoms with Gasteiger partial charge in [0, 0.05) is 10.0 Å². The minimum atomic E-state index is -0.929. The number of carboxylic acid groups (broad SMARTS) is 1. The number of nitrogens with zero attached hydrogens (tertiary/aromatic N) is 2. The first kappa shape index (κ1) is 12.7. The summed E-state index contributed by atoms with van der Waals surface area (Å²) in [5.41, 5.74) is 0.807. The summed E-state index contributed by atoms with van der Waals surface area (Å²) in [4.78, 5) is 10.3. The van der Waals surface area contributed by atoms with E-state index in [1.807, 2.05) is 24.3 Å². The van der Waals surface area contributed by atoms with Gasteiger partial charge in [-0.2, -0.15) is 0 Å². The molecule has 0 radical (unpaired) electrons. The van der Waals surface area contributed by atoms with Gasteiger partial charge in [0.1, 0.15) is 0 Å². The highest BCUT2D eigenvalue weighted by Gasteiger charge is 2.08. The van der Waals surface area contributed by atoms with Crippen molar-refractivity contribution in [2.75, 3.05) is 6.54 Å². The summed E-state index contributed by atoms with van der Waals surface area (Å²) in [6.07, 6.45) is 0. The highest BCUT2D eigenvalue weighted by atomic mass is 79.9. The third kappa shape index (κ3) is 3.38. The van der Waals surface area contributed by atoms with Crippen LogP contribution in [0.5, 0.6) is 0 Å². The highest BCUT2D eigenvalue weighted by molar-refractivity contribution is 9.10. The number of carbonyl (C=O) groups is 1. The lowest BCUT2D eigenvalue weighted by atomic mass is 10.2. The molecule has 2 aromatic rings. The summed E-state index contributed by atoms with van der Waals surface area (Å²) < 4.78 is 6.33. The number of hydrogen-bond acceptors (Lipinski definition) is 5. The number of nitrogens with one attached hydrogen (secondary N) is 1. The fourth-order valence-electron chi connectivity index (χ4n) is 1.34. The lowest BCUT2D eigenvalue weighted by molar-refractivity contribution is -0.136. The number of aromatic nitrogens is 2. The van der Waals surface area contributed by atoms with Crippen LogP contribution in [0.4, 0.5) is 0 Å². The normalized spacial score (nSPS) is 10.5. The Kier molecular flexibility index (Phi) is 4.06. The summed E-state index contributed by atoms with van der Waals surface area (Å²) in [5.74, 6) is -0.170. The molecule has 1 heterocycles. The maximum absolute atomic E-state index is 10.3. The van der Waals surface area contributed by atoms with Crippen LogP contribution >= 0.6 is 15.9 Å². The molecule has 0 aliphatic rings. The Balaban J connectivity index is 2.04. The zero-order valence-electron chi connectivity index (χ0n) is 9.26. The van der Waals surface area contributed by atoms with E-state index < -0.39 is 5.97 Å². The van der Waals surface area contributed by atoms with Gasteiger partial charge in [-0.05, 0) is 18.2 Å². The molecule has 94 valence electrons. The fourth-order valence-corrected chi connectivity index (χ4v) is 1.74. The monoisotopic (exact) mass is 311 g/mol. The van der Waals surface area contributed by atoms with Gasteiger partial charge < -0.3 is 9.52 Å². The summed E-state index contributed by atoms with van der Waals surface area (Å²) in [6, 6.07) is 7.48. The molecule has 0 aliphatic carbocycles. The van der Waals surface area contributed by atoms with Gasteiger partial charge in [-0.3, -0.25) is 10.1 Å². The van der Waals surface area contributed by atoms with Crippen LogP contribution in [0, 0.1) is 0 Å². The molecule has 2 N–H and O–H groups in total. The smallest absolute Gasteiger partial charge is 0.317 e. The van der Waals surface area contributed by atoms with Gasteiger partial charge in [0.2, 0.25) is 11.8 Å². The predicted molar refractivity (Wildman–Crippen MR) is 66.8 cm³/mol. The Hall–Kier alpha value is -1.73. The second-order valence-electron chi connectivity index (χ2n) is 3.51. The quantitative estimate of drug-likeness (QED) is 0.873. The highest BCUT2D eigenvalue weighted by Crippen LogP contribution is 2.21. The van der Waals surface area contributed by atoms with Crippen LogP contribution in [0.15, 0.2) is 33.2 Å². The Labute approximate surface area is 111 Å². The molecule has 0 aliphatic heterocycles. The Morgan fingerprint density at radius 3 is 3.00 bits per heavy atom. The number of aliphatic carboxylic acids is 1. The maximum Gasteiger partial charge on any atom is 0.317 e. The van der Waals surface area contributed by atoms with Crippen molar-refractivity contribution in [3.63, 3.8) is 0 Å². The molecule has 18 heavy (non-hydrogen) atoms. The van der Waals surface area contributed by atoms with Gasteiger partial charge in [-0.15, -0.1) is 10.2 Å². The van der Waals surface area contributed by atoms with Crippen molar-refractivity contribution in [2.45, 2.75) is 6.54 Å². The van der Waals surface area contributed by atoms with Crippen LogP contribution in [0.1, 0.15) is 5.89 Å². The van der Waals surface area contributed by atoms with E-state index in [2.05, 4.69) is 31.4 Å². The molecule has 1 aromatic carbocycles. The summed E-state index contributed by atoms with van der Waals surface area (Å²) in [5, 5.41) is 18.9. The first-order valence-corrected chi connectivity index (χ1v) is 5.95. The minimum absolute atomic E-state index is 0.144. The Morgan fingerprint density at radius 1 is 1.44 bits per heavy atom. The van der Waals surface area contributed by atoms with E-state index in [0.29, 0.717) is 11.8 Å². The van der Waals surface area contributed by atoms with Crippen LogP contribution in [0.3, 0.4) is 0 Å². The van der Waals surface area contributed by atoms with E-state index in [9.17, 15) is 4.79 Å². The molecule has 0 bridgehead atoms. The van der Waals surface area contributed by atoms with E-state index in [-0.39, 0.29) is 13.1 Å². The van der Waals surface area contributed by atoms with Crippen molar-refractivity contribution in [1.29, 1.82) is 0 Å². The molecule has 0 spiro atoms. The van der Waals surface area contributed by atoms with Crippen molar-refractivity contribution in [2.24, 2.45) is 0 Å². The van der Waals surface area contributed by atoms with Gasteiger partial charge in [0.25, 0.3) is 0 Å². The third-order valence-electron chi connectivity index (χ3n) is 2.09. The average molecular weight is 312 g/mol. The lowest BCUT2D eigenvalue weighted by Crippen LogP contribution is -2.21. The predicted octanol–water partition coefficient (Wildman–Crippen LogP) is 1.67. The molecule has 1 aromatic heterocycles. The zero-order valence-corrected chi connectivity index (χ0v) is 10.8. The zero-order chi connectivity index (χ0) is 13.0. The first-order chi connectivity index (χ1) is 8.65. The Morgan fingerprint density at radius 2 is 2.28 bits per heavy atom. The van der Waals surface area contributed by atoms with Gasteiger partial charge in [-0.1, -0.05) is 22.0 Å². The standard InChI is InChI=1S/C11H10BrN3O3/c12-8-3-1-2-7(4-8)11-15-14-9(18-11)5-13-6-10(16)17/h1-4,13H,5-6H2,(H,16,17).